The van der Waals surface area contributed by atoms with E-state index in [1.54, 1.807) is 24.3 Å². The topological polar surface area (TPSA) is 0 Å². The van der Waals surface area contributed by atoms with E-state index in [1.807, 2.05) is 24.3 Å². The van der Waals surface area contributed by atoms with Crippen LogP contribution in [0, 0.1) is 17.6 Å². The number of benzene rings is 4. The third-order valence-corrected chi connectivity index (χ3v) is 30.1. The van der Waals surface area contributed by atoms with Gasteiger partial charge in [0.25, 0.3) is 0 Å². The molecule has 0 heterocycles. The molecule has 0 aromatic heterocycles. The van der Waals surface area contributed by atoms with Crippen LogP contribution in [0.5, 0.6) is 0 Å². The Labute approximate surface area is 309 Å². The molecule has 0 nitrogen and oxygen atoms in total. The molecule has 0 spiro atoms. The van der Waals surface area contributed by atoms with Gasteiger partial charge in [0.05, 0.1) is 0 Å². The van der Waals surface area contributed by atoms with Gasteiger partial charge in [-0.1, -0.05) is 0 Å². The maximum absolute atomic E-state index is 14.7. The molecule has 4 aliphatic rings. The average Bonchev–Trinajstić information content (AvgIpc) is 3.69. The van der Waals surface area contributed by atoms with E-state index in [-0.39, 0.29) is 53.2 Å². The Balaban J connectivity index is 0.00000216. The molecule has 0 N–H and O–H groups in total. The van der Waals surface area contributed by atoms with E-state index in [0.29, 0.717) is 0 Å². The fraction of sp³-hybridized carbons (Fsp3) is 0.267. The van der Waals surface area contributed by atoms with Crippen LogP contribution in [0.25, 0.3) is 22.3 Å². The molecule has 0 saturated carbocycles. The van der Waals surface area contributed by atoms with Gasteiger partial charge in [-0.25, -0.2) is 0 Å². The second kappa shape index (κ2) is 11.8. The predicted molar refractivity (Wildman–Crippen MR) is 212 cm³/mol. The van der Waals surface area contributed by atoms with Crippen LogP contribution in [0.3, 0.4) is 0 Å². The molecular weight excluding hydrogens is 741 g/mol. The van der Waals surface area contributed by atoms with E-state index < -0.39 is 18.3 Å². The van der Waals surface area contributed by atoms with Crippen molar-refractivity contribution in [1.29, 1.82) is 0 Å². The van der Waals surface area contributed by atoms with Crippen molar-refractivity contribution < 1.29 is 27.1 Å². The molecule has 4 aromatic carbocycles. The minimum absolute atomic E-state index is 0. The van der Waals surface area contributed by atoms with Crippen LogP contribution in [-0.2, 0) is 35.5 Å². The molecular formula is C45H46Cl2F2Zr. The predicted octanol–water partition coefficient (Wildman–Crippen LogP) is 11.3. The normalized spacial score (nSPS) is 19.4. The van der Waals surface area contributed by atoms with Crippen LogP contribution in [0.2, 0.25) is 0 Å². The summed E-state index contributed by atoms with van der Waals surface area (Å²) in [5, 5.41) is 0. The number of fused-ring (bicyclic) bond motifs is 5. The summed E-state index contributed by atoms with van der Waals surface area (Å²) >= 11 is -5.19. The van der Waals surface area contributed by atoms with Gasteiger partial charge in [-0.2, -0.15) is 0 Å². The van der Waals surface area contributed by atoms with Gasteiger partial charge in [0.15, 0.2) is 0 Å². The van der Waals surface area contributed by atoms with Gasteiger partial charge in [-0.05, 0) is 0 Å². The molecule has 0 aliphatic heterocycles. The van der Waals surface area contributed by atoms with Crippen molar-refractivity contribution in [2.24, 2.45) is 5.92 Å². The molecule has 258 valence electrons. The van der Waals surface area contributed by atoms with Gasteiger partial charge >= 0.3 is 287 Å². The van der Waals surface area contributed by atoms with Crippen LogP contribution >= 0.6 is 24.8 Å². The number of halogens is 4. The van der Waals surface area contributed by atoms with E-state index >= 15 is 0 Å². The van der Waals surface area contributed by atoms with Crippen LogP contribution in [-0.4, -0.2) is 4.21 Å². The third-order valence-electron chi connectivity index (χ3n) is 12.5. The maximum atomic E-state index is 14.7. The molecule has 0 fully saturated rings. The van der Waals surface area contributed by atoms with E-state index in [1.165, 1.54) is 67.8 Å². The SMILES string of the molecule is Cl.Cl.[CH2]=[Zr]([C]1=CC(C)=CC1C)([C]1=C(C)c2cc3c(cc2C1(C)C)Cc1cc2c(cc1-3)C(C)=CC2(C)C)([c]1ccc(F)cc1)[c]1ccc(F)cc1. The van der Waals surface area contributed by atoms with Crippen LogP contribution in [0.15, 0.2) is 103 Å². The first kappa shape index (κ1) is 36.8. The second-order valence-electron chi connectivity index (χ2n) is 16.2. The van der Waals surface area contributed by atoms with Crippen molar-refractivity contribution in [3.8, 4) is 11.1 Å². The van der Waals surface area contributed by atoms with E-state index in [0.717, 1.165) is 13.0 Å². The fourth-order valence-corrected chi connectivity index (χ4v) is 29.8. The van der Waals surface area contributed by atoms with Gasteiger partial charge < -0.3 is 0 Å². The standard InChI is InChI=1S/C25H25.C7H9.2C6H4F.CH2.2ClH.Zr/c1-14-12-24(3,4)22-8-16-7-17-9-23-19(15(2)13-25(23,5)6)11-21(17)20(16)10-18(14)22;1-6-3-4-7(2)5-6;2*7-6-4-2-1-3-5-6;;;;/h8-12H,7H2,1-6H3;3,5,7H,1-2H3;2*2-5H;1H2;2*1H;. The summed E-state index contributed by atoms with van der Waals surface area (Å²) in [7, 11) is 0. The Hall–Kier alpha value is -2.97. The fourth-order valence-electron chi connectivity index (χ4n) is 10.7. The van der Waals surface area contributed by atoms with Gasteiger partial charge in [-0.3, -0.25) is 0 Å². The summed E-state index contributed by atoms with van der Waals surface area (Å²) in [5.74, 6) is -0.388. The molecule has 4 aromatic rings. The average molecular weight is 787 g/mol. The van der Waals surface area contributed by atoms with Crippen LogP contribution in [0.1, 0.15) is 88.8 Å². The Morgan fingerprint density at radius 2 is 1.20 bits per heavy atom. The van der Waals surface area contributed by atoms with E-state index in [2.05, 4.69) is 97.9 Å². The summed E-state index contributed by atoms with van der Waals surface area (Å²) in [6.07, 6.45) is 8.00. The number of rotatable bonds is 4. The zero-order valence-electron chi connectivity index (χ0n) is 30.2. The summed E-state index contributed by atoms with van der Waals surface area (Å²) in [6, 6.07) is 24.1. The van der Waals surface area contributed by atoms with Crippen molar-refractivity contribution >= 4 is 46.7 Å². The summed E-state index contributed by atoms with van der Waals surface area (Å²) < 4.78 is 39.8. The van der Waals surface area contributed by atoms with Crippen molar-refractivity contribution in [3.05, 3.63) is 148 Å². The molecule has 4 aliphatic carbocycles. The minimum atomic E-state index is -5.19. The van der Waals surface area contributed by atoms with Crippen molar-refractivity contribution in [2.75, 3.05) is 0 Å². The van der Waals surface area contributed by atoms with Gasteiger partial charge in [0.1, 0.15) is 0 Å². The molecule has 1 atom stereocenters. The summed E-state index contributed by atoms with van der Waals surface area (Å²) in [5.41, 5.74) is 14.4. The van der Waals surface area contributed by atoms with Crippen LogP contribution in [0.4, 0.5) is 8.78 Å². The van der Waals surface area contributed by atoms with Gasteiger partial charge in [-0.15, -0.1) is 24.8 Å². The van der Waals surface area contributed by atoms with E-state index in [9.17, 15) is 8.78 Å². The first-order valence-electron chi connectivity index (χ1n) is 17.3. The van der Waals surface area contributed by atoms with Crippen LogP contribution < -0.4 is 6.54 Å². The number of hydrogen-bond acceptors (Lipinski definition) is 0. The zero-order valence-corrected chi connectivity index (χ0v) is 34.3. The Bertz CT molecular complexity index is 2260. The summed E-state index contributed by atoms with van der Waals surface area (Å²) in [4.78, 5) is 0. The molecule has 8 rings (SSSR count). The van der Waals surface area contributed by atoms with E-state index in [4.69, 9.17) is 4.21 Å². The second-order valence-corrected chi connectivity index (χ2v) is 28.9. The monoisotopic (exact) mass is 784 g/mol. The molecule has 5 heteroatoms. The first-order valence-corrected chi connectivity index (χ1v) is 23.9. The van der Waals surface area contributed by atoms with Crippen molar-refractivity contribution in [2.45, 2.75) is 72.6 Å². The first-order chi connectivity index (χ1) is 22.6. The number of hydrogen-bond donors (Lipinski definition) is 0. The number of allylic oxidation sites excluding steroid dienone is 8. The molecule has 0 saturated heterocycles. The summed E-state index contributed by atoms with van der Waals surface area (Å²) in [6.45, 7) is 18.3. The molecule has 50 heavy (non-hydrogen) atoms. The van der Waals surface area contributed by atoms with Crippen molar-refractivity contribution in [1.82, 2.24) is 0 Å². The van der Waals surface area contributed by atoms with Gasteiger partial charge in [0, 0.05) is 0 Å². The third kappa shape index (κ3) is 4.72. The molecule has 1 unspecified atom stereocenters. The Kier molecular flexibility index (Phi) is 8.67. The van der Waals surface area contributed by atoms with Gasteiger partial charge in [0.2, 0.25) is 0 Å². The van der Waals surface area contributed by atoms with Crippen molar-refractivity contribution in [3.63, 3.8) is 0 Å². The quantitative estimate of drug-likeness (QED) is 0.170. The zero-order chi connectivity index (χ0) is 34.2. The molecule has 0 radical (unpaired) electrons. The Morgan fingerprint density at radius 1 is 0.700 bits per heavy atom. The molecule has 0 bridgehead atoms. The Morgan fingerprint density at radius 3 is 1.70 bits per heavy atom. The molecule has 0 amide bonds.